The van der Waals surface area contributed by atoms with Crippen molar-refractivity contribution in [2.45, 2.75) is 12.3 Å². The molecule has 0 saturated heterocycles. The van der Waals surface area contributed by atoms with Gasteiger partial charge >= 0.3 is 0 Å². The van der Waals surface area contributed by atoms with E-state index < -0.39 is 12.3 Å². The first-order valence-corrected chi connectivity index (χ1v) is 22.9. The van der Waals surface area contributed by atoms with Gasteiger partial charge in [-0.05, 0) is 116 Å². The van der Waals surface area contributed by atoms with Crippen LogP contribution in [0.15, 0.2) is 218 Å². The standard InChI is InChI=1S/C60H39BN2S/c1-38-32-34-43(47(36-38)39-18-5-2-6-19-39)40-33-35-51-54(37-40)62(41-20-7-3-8-21-41)52-30-17-31-53-56(52)61(51)59-57(63(53)42-22-9-4-10-23-42)55-46-26-13-16-29-50(46)60(58(55)64-59)48-27-14-11-24-44(48)45-25-12-15-28-49(45)60/h2-37H,1H3/i1D3. The van der Waals surface area contributed by atoms with Crippen molar-refractivity contribution < 1.29 is 4.11 Å². The fourth-order valence-corrected chi connectivity index (χ4v) is 13.4. The molecular formula is C60H39BN2S. The third-order valence-electron chi connectivity index (χ3n) is 14.1. The van der Waals surface area contributed by atoms with Gasteiger partial charge in [-0.2, -0.15) is 0 Å². The summed E-state index contributed by atoms with van der Waals surface area (Å²) in [6.45, 7) is -2.32. The van der Waals surface area contributed by atoms with Crippen LogP contribution in [0.3, 0.4) is 0 Å². The second-order valence-corrected chi connectivity index (χ2v) is 18.3. The number of rotatable bonds is 4. The molecule has 3 heterocycles. The normalized spacial score (nSPS) is 14.9. The Morgan fingerprint density at radius 3 is 1.70 bits per heavy atom. The summed E-state index contributed by atoms with van der Waals surface area (Å²) in [5.74, 6) is 0. The minimum atomic E-state index is -2.24. The van der Waals surface area contributed by atoms with Gasteiger partial charge in [0.2, 0.25) is 0 Å². The summed E-state index contributed by atoms with van der Waals surface area (Å²) in [4.78, 5) is 6.38. The molecular weight excluding hydrogens is 792 g/mol. The molecule has 2 aliphatic heterocycles. The summed E-state index contributed by atoms with van der Waals surface area (Å²) in [6.07, 6.45) is 0. The number of anilines is 6. The Bertz CT molecular complexity index is 3610. The molecule has 4 aliphatic rings. The van der Waals surface area contributed by atoms with E-state index in [-0.39, 0.29) is 6.71 Å². The largest absolute Gasteiger partial charge is 0.311 e. The van der Waals surface area contributed by atoms with Gasteiger partial charge < -0.3 is 9.80 Å². The highest BCUT2D eigenvalue weighted by Crippen LogP contribution is 2.66. The van der Waals surface area contributed by atoms with Gasteiger partial charge in [-0.15, -0.1) is 11.3 Å². The van der Waals surface area contributed by atoms with Crippen molar-refractivity contribution in [3.63, 3.8) is 0 Å². The van der Waals surface area contributed by atoms with Crippen LogP contribution in [0.5, 0.6) is 0 Å². The molecule has 2 aliphatic carbocycles. The minimum absolute atomic E-state index is 0.0802. The summed E-state index contributed by atoms with van der Waals surface area (Å²) in [7, 11) is 0. The van der Waals surface area contributed by atoms with E-state index in [0.717, 1.165) is 45.0 Å². The van der Waals surface area contributed by atoms with Crippen molar-refractivity contribution in [3.05, 3.63) is 246 Å². The van der Waals surface area contributed by atoms with Gasteiger partial charge in [-0.3, -0.25) is 0 Å². The topological polar surface area (TPSA) is 6.48 Å². The van der Waals surface area contributed by atoms with E-state index in [1.54, 1.807) is 6.07 Å². The minimum Gasteiger partial charge on any atom is -0.311 e. The van der Waals surface area contributed by atoms with Crippen LogP contribution in [0.2, 0.25) is 0 Å². The highest BCUT2D eigenvalue weighted by Gasteiger charge is 2.56. The van der Waals surface area contributed by atoms with Crippen LogP contribution >= 0.6 is 11.3 Å². The molecule has 0 fully saturated rings. The molecule has 2 nitrogen and oxygen atoms in total. The molecule has 0 bridgehead atoms. The second kappa shape index (κ2) is 13.4. The van der Waals surface area contributed by atoms with Crippen LogP contribution in [0.1, 0.15) is 31.2 Å². The Labute approximate surface area is 382 Å². The summed E-state index contributed by atoms with van der Waals surface area (Å²) >= 11 is 1.99. The van der Waals surface area contributed by atoms with Gasteiger partial charge in [-0.25, -0.2) is 0 Å². The number of aryl methyl sites for hydroxylation is 1. The van der Waals surface area contributed by atoms with Crippen LogP contribution < -0.4 is 25.5 Å². The first-order valence-electron chi connectivity index (χ1n) is 23.6. The Hall–Kier alpha value is -7.66. The van der Waals surface area contributed by atoms with E-state index in [1.165, 1.54) is 70.9 Å². The molecule has 1 aromatic heterocycles. The van der Waals surface area contributed by atoms with Crippen molar-refractivity contribution in [3.8, 4) is 44.5 Å². The number of thiophene rings is 1. The zero-order chi connectivity index (χ0) is 44.6. The van der Waals surface area contributed by atoms with Crippen LogP contribution in [0.25, 0.3) is 44.5 Å². The van der Waals surface area contributed by atoms with Crippen LogP contribution in [-0.4, -0.2) is 6.71 Å². The number of nitrogens with zero attached hydrogens (tertiary/aromatic N) is 2. The molecule has 10 aromatic rings. The average molecular weight is 834 g/mol. The van der Waals surface area contributed by atoms with Gasteiger partial charge in [0.1, 0.15) is 0 Å². The monoisotopic (exact) mass is 833 g/mol. The number of benzene rings is 9. The quantitative estimate of drug-likeness (QED) is 0.163. The highest BCUT2D eigenvalue weighted by molar-refractivity contribution is 7.30. The first-order chi connectivity index (χ1) is 32.9. The zero-order valence-corrected chi connectivity index (χ0v) is 35.5. The SMILES string of the molecule is [2H]C([2H])([2H])c1ccc(-c2ccc3c(c2)N(c2ccccc2)c2cccc4c2B3c2sc3c(c2N4c2ccccc2)-c2ccccc2C32c3ccccc3-c3ccccc32)c(-c2ccccc2)c1. The summed E-state index contributed by atoms with van der Waals surface area (Å²) in [5, 5.41) is 0. The molecule has 1 spiro atoms. The lowest BCUT2D eigenvalue weighted by Crippen LogP contribution is -2.60. The van der Waals surface area contributed by atoms with Crippen molar-refractivity contribution in [1.82, 2.24) is 0 Å². The van der Waals surface area contributed by atoms with Crippen molar-refractivity contribution in [2.24, 2.45) is 0 Å². The molecule has 0 amide bonds. The zero-order valence-electron chi connectivity index (χ0n) is 37.7. The molecule has 0 atom stereocenters. The van der Waals surface area contributed by atoms with Gasteiger partial charge in [0, 0.05) is 47.8 Å². The van der Waals surface area contributed by atoms with E-state index in [2.05, 4.69) is 192 Å². The second-order valence-electron chi connectivity index (χ2n) is 17.3. The van der Waals surface area contributed by atoms with Crippen LogP contribution in [0.4, 0.5) is 34.1 Å². The van der Waals surface area contributed by atoms with Gasteiger partial charge in [0.15, 0.2) is 0 Å². The molecule has 298 valence electrons. The maximum atomic E-state index is 8.34. The molecule has 0 N–H and O–H groups in total. The lowest BCUT2D eigenvalue weighted by atomic mass is 9.36. The van der Waals surface area contributed by atoms with E-state index in [9.17, 15) is 0 Å². The predicted molar refractivity (Wildman–Crippen MR) is 270 cm³/mol. The van der Waals surface area contributed by atoms with E-state index in [1.807, 2.05) is 41.7 Å². The highest BCUT2D eigenvalue weighted by atomic mass is 32.1. The smallest absolute Gasteiger partial charge is 0.264 e. The van der Waals surface area contributed by atoms with Crippen molar-refractivity contribution in [2.75, 3.05) is 9.80 Å². The summed E-state index contributed by atoms with van der Waals surface area (Å²) < 4.78 is 26.4. The molecule has 0 unspecified atom stereocenters. The predicted octanol–water partition coefficient (Wildman–Crippen LogP) is 13.8. The van der Waals surface area contributed by atoms with Crippen molar-refractivity contribution >= 4 is 67.9 Å². The lowest BCUT2D eigenvalue weighted by molar-refractivity contribution is 0.811. The van der Waals surface area contributed by atoms with Gasteiger partial charge in [-0.1, -0.05) is 181 Å². The fraction of sp³-hybridized carbons (Fsp3) is 0.0333. The molecule has 64 heavy (non-hydrogen) atoms. The summed E-state index contributed by atoms with van der Waals surface area (Å²) in [5.41, 5.74) is 22.4. The van der Waals surface area contributed by atoms with E-state index in [0.29, 0.717) is 5.56 Å². The number of fused-ring (bicyclic) bond motifs is 15. The first kappa shape index (κ1) is 33.0. The molecule has 9 aromatic carbocycles. The number of para-hydroxylation sites is 2. The molecule has 14 rings (SSSR count). The summed E-state index contributed by atoms with van der Waals surface area (Å²) in [6, 6.07) is 78.6. The van der Waals surface area contributed by atoms with Crippen molar-refractivity contribution in [1.29, 1.82) is 0 Å². The van der Waals surface area contributed by atoms with Crippen LogP contribution in [0, 0.1) is 6.85 Å². The van der Waals surface area contributed by atoms with Gasteiger partial charge in [0.25, 0.3) is 6.71 Å². The number of hydrogen-bond acceptors (Lipinski definition) is 3. The molecule has 4 heteroatoms. The van der Waals surface area contributed by atoms with E-state index in [4.69, 9.17) is 4.11 Å². The van der Waals surface area contributed by atoms with Crippen LogP contribution in [-0.2, 0) is 5.41 Å². The van der Waals surface area contributed by atoms with Gasteiger partial charge in [0.05, 0.1) is 11.1 Å². The maximum Gasteiger partial charge on any atom is 0.264 e. The Balaban J connectivity index is 1.08. The Kier molecular flexibility index (Phi) is 6.92. The molecule has 0 radical (unpaired) electrons. The Morgan fingerprint density at radius 1 is 0.453 bits per heavy atom. The number of hydrogen-bond donors (Lipinski definition) is 0. The third-order valence-corrected chi connectivity index (χ3v) is 15.5. The van der Waals surface area contributed by atoms with E-state index >= 15 is 0 Å². The molecule has 0 saturated carbocycles. The maximum absolute atomic E-state index is 8.34. The fourth-order valence-electron chi connectivity index (χ4n) is 11.7. The lowest BCUT2D eigenvalue weighted by Gasteiger charge is -2.43. The third kappa shape index (κ3) is 4.70. The Morgan fingerprint density at radius 2 is 1.03 bits per heavy atom. The average Bonchev–Trinajstić information content (AvgIpc) is 4.01.